The Hall–Kier alpha value is -3.55. The predicted molar refractivity (Wildman–Crippen MR) is 123 cm³/mol. The maximum atomic E-state index is 13.6. The molecule has 33 heavy (non-hydrogen) atoms. The number of anilines is 1. The van der Waals surface area contributed by atoms with E-state index in [0.717, 1.165) is 18.4 Å². The molecular weight excluding hydrogens is 422 g/mol. The van der Waals surface area contributed by atoms with Crippen LogP contribution in [0.15, 0.2) is 48.5 Å². The number of benzene rings is 2. The van der Waals surface area contributed by atoms with E-state index in [1.165, 1.54) is 4.90 Å². The van der Waals surface area contributed by atoms with Gasteiger partial charge in [0.1, 0.15) is 19.3 Å². The van der Waals surface area contributed by atoms with Gasteiger partial charge in [0.15, 0.2) is 11.5 Å². The Balaban J connectivity index is 1.49. The molecule has 0 bridgehead atoms. The minimum atomic E-state index is -0.735. The lowest BCUT2D eigenvalue weighted by Gasteiger charge is -2.36. The number of nitrogens with one attached hydrogen (secondary N) is 1. The summed E-state index contributed by atoms with van der Waals surface area (Å²) in [5.74, 6) is 0.618. The summed E-state index contributed by atoms with van der Waals surface area (Å²) in [7, 11) is 0. The Morgan fingerprint density at radius 1 is 1.06 bits per heavy atom. The molecule has 2 heterocycles. The van der Waals surface area contributed by atoms with E-state index < -0.39 is 6.04 Å². The molecule has 0 saturated carbocycles. The van der Waals surface area contributed by atoms with E-state index in [-0.39, 0.29) is 24.3 Å². The largest absolute Gasteiger partial charge is 0.486 e. The first kappa shape index (κ1) is 22.6. The van der Waals surface area contributed by atoms with Gasteiger partial charge in [-0.25, -0.2) is 0 Å². The Bertz CT molecular complexity index is 1010. The monoisotopic (exact) mass is 451 g/mol. The van der Waals surface area contributed by atoms with E-state index in [9.17, 15) is 14.4 Å². The molecule has 0 spiro atoms. The van der Waals surface area contributed by atoms with Crippen LogP contribution >= 0.6 is 0 Å². The van der Waals surface area contributed by atoms with Crippen LogP contribution in [0.25, 0.3) is 0 Å². The fraction of sp³-hybridized carbons (Fsp3) is 0.400. The van der Waals surface area contributed by atoms with Gasteiger partial charge < -0.3 is 24.6 Å². The van der Waals surface area contributed by atoms with E-state index in [4.69, 9.17) is 9.47 Å². The summed E-state index contributed by atoms with van der Waals surface area (Å²) in [4.78, 5) is 42.2. The summed E-state index contributed by atoms with van der Waals surface area (Å²) in [6.07, 6.45) is 2.13. The molecule has 8 heteroatoms. The van der Waals surface area contributed by atoms with E-state index in [0.29, 0.717) is 49.9 Å². The Kier molecular flexibility index (Phi) is 7.12. The van der Waals surface area contributed by atoms with Crippen LogP contribution in [0.3, 0.4) is 0 Å². The number of rotatable bonds is 7. The highest BCUT2D eigenvalue weighted by molar-refractivity contribution is 5.96. The van der Waals surface area contributed by atoms with E-state index in [1.54, 1.807) is 23.1 Å². The summed E-state index contributed by atoms with van der Waals surface area (Å²) >= 11 is 0. The van der Waals surface area contributed by atoms with Crippen molar-refractivity contribution < 1.29 is 23.9 Å². The number of likely N-dealkylation sites (tertiary alicyclic amines) is 1. The number of amides is 3. The van der Waals surface area contributed by atoms with Crippen LogP contribution in [0.1, 0.15) is 37.8 Å². The smallest absolute Gasteiger partial charge is 0.250 e. The Morgan fingerprint density at radius 2 is 1.82 bits per heavy atom. The van der Waals surface area contributed by atoms with E-state index in [1.807, 2.05) is 37.3 Å². The number of ether oxygens (including phenoxy) is 2. The number of hydrogen-bond donors (Lipinski definition) is 1. The highest BCUT2D eigenvalue weighted by Crippen LogP contribution is 2.32. The number of likely N-dealkylation sites (N-methyl/N-ethyl adjacent to an activating group) is 1. The summed E-state index contributed by atoms with van der Waals surface area (Å²) in [6.45, 7) is 3.54. The molecule has 1 atom stereocenters. The first-order valence-electron chi connectivity index (χ1n) is 11.4. The third-order valence-electron chi connectivity index (χ3n) is 5.87. The van der Waals surface area contributed by atoms with Crippen LogP contribution in [0.5, 0.6) is 11.5 Å². The first-order valence-corrected chi connectivity index (χ1v) is 11.4. The molecule has 1 N–H and O–H groups in total. The van der Waals surface area contributed by atoms with Crippen molar-refractivity contribution in [2.75, 3.05) is 38.2 Å². The number of piperidine rings is 1. The average molecular weight is 452 g/mol. The molecule has 0 aliphatic carbocycles. The fourth-order valence-corrected chi connectivity index (χ4v) is 4.20. The molecule has 174 valence electrons. The lowest BCUT2D eigenvalue weighted by atomic mass is 10.00. The van der Waals surface area contributed by atoms with Crippen molar-refractivity contribution in [3.05, 3.63) is 54.1 Å². The number of fused-ring (bicyclic) bond motifs is 1. The topological polar surface area (TPSA) is 88.2 Å². The molecular formula is C25H29N3O5. The predicted octanol–water partition coefficient (Wildman–Crippen LogP) is 3.00. The molecule has 2 aliphatic heterocycles. The third kappa shape index (κ3) is 5.27. The maximum Gasteiger partial charge on any atom is 0.250 e. The lowest BCUT2D eigenvalue weighted by molar-refractivity contribution is -0.148. The van der Waals surface area contributed by atoms with Crippen LogP contribution < -0.4 is 14.8 Å². The van der Waals surface area contributed by atoms with Crippen LogP contribution in [-0.4, -0.2) is 60.4 Å². The molecule has 1 fully saturated rings. The van der Waals surface area contributed by atoms with Gasteiger partial charge in [-0.15, -0.1) is 0 Å². The van der Waals surface area contributed by atoms with Gasteiger partial charge in [0, 0.05) is 31.3 Å². The second-order valence-electron chi connectivity index (χ2n) is 8.12. The van der Waals surface area contributed by atoms with Gasteiger partial charge in [-0.2, -0.15) is 0 Å². The van der Waals surface area contributed by atoms with Gasteiger partial charge in [-0.1, -0.05) is 30.3 Å². The second-order valence-corrected chi connectivity index (χ2v) is 8.12. The van der Waals surface area contributed by atoms with Crippen LogP contribution in [0.2, 0.25) is 0 Å². The lowest BCUT2D eigenvalue weighted by Crippen LogP contribution is -2.48. The summed E-state index contributed by atoms with van der Waals surface area (Å²) in [5.41, 5.74) is 1.32. The summed E-state index contributed by atoms with van der Waals surface area (Å²) < 4.78 is 11.1. The number of nitrogens with zero attached hydrogens (tertiary/aromatic N) is 2. The van der Waals surface area contributed by atoms with E-state index in [2.05, 4.69) is 5.32 Å². The van der Waals surface area contributed by atoms with Gasteiger partial charge in [0.25, 0.3) is 0 Å². The van der Waals surface area contributed by atoms with Gasteiger partial charge in [-0.3, -0.25) is 14.4 Å². The van der Waals surface area contributed by atoms with E-state index >= 15 is 0 Å². The molecule has 2 aromatic carbocycles. The third-order valence-corrected chi connectivity index (χ3v) is 5.87. The van der Waals surface area contributed by atoms with Crippen LogP contribution in [0.4, 0.5) is 5.69 Å². The highest BCUT2D eigenvalue weighted by Gasteiger charge is 2.35. The van der Waals surface area contributed by atoms with Gasteiger partial charge in [0.2, 0.25) is 17.7 Å². The molecule has 4 rings (SSSR count). The molecule has 0 aromatic heterocycles. The average Bonchev–Trinajstić information content (AvgIpc) is 2.84. The van der Waals surface area contributed by atoms with Gasteiger partial charge >= 0.3 is 0 Å². The Labute approximate surface area is 193 Å². The normalized spacial score (nSPS) is 16.2. The van der Waals surface area contributed by atoms with Crippen molar-refractivity contribution >= 4 is 23.4 Å². The highest BCUT2D eigenvalue weighted by atomic mass is 16.6. The van der Waals surface area contributed by atoms with Crippen molar-refractivity contribution in [3.63, 3.8) is 0 Å². The summed E-state index contributed by atoms with van der Waals surface area (Å²) in [5, 5.41) is 2.83. The number of hydrogen-bond acceptors (Lipinski definition) is 5. The van der Waals surface area contributed by atoms with Crippen molar-refractivity contribution in [1.82, 2.24) is 9.80 Å². The molecule has 0 radical (unpaired) electrons. The maximum absolute atomic E-state index is 13.6. The van der Waals surface area contributed by atoms with Crippen molar-refractivity contribution in [2.24, 2.45) is 0 Å². The molecule has 1 unspecified atom stereocenters. The minimum absolute atomic E-state index is 0.0276. The second kappa shape index (κ2) is 10.4. The number of carbonyl (C=O) groups is 3. The van der Waals surface area contributed by atoms with Crippen LogP contribution in [0, 0.1) is 0 Å². The van der Waals surface area contributed by atoms with Crippen LogP contribution in [-0.2, 0) is 14.4 Å². The zero-order valence-corrected chi connectivity index (χ0v) is 18.8. The SMILES string of the molecule is CCN(CC(=O)Nc1ccc2c(c1)OCCO2)C(=O)C(c1ccccc1)N1CCCCC1=O. The zero-order chi connectivity index (χ0) is 23.2. The van der Waals surface area contributed by atoms with Gasteiger partial charge in [-0.05, 0) is 37.5 Å². The minimum Gasteiger partial charge on any atom is -0.486 e. The van der Waals surface area contributed by atoms with Crippen molar-refractivity contribution in [1.29, 1.82) is 0 Å². The molecule has 3 amide bonds. The zero-order valence-electron chi connectivity index (χ0n) is 18.8. The quantitative estimate of drug-likeness (QED) is 0.699. The standard InChI is InChI=1S/C25H29N3O5/c1-2-27(17-22(29)26-19-11-12-20-21(16-19)33-15-14-32-20)25(31)24(18-8-4-3-5-9-18)28-13-7-6-10-23(28)30/h3-5,8-9,11-12,16,24H,2,6-7,10,13-15,17H2,1H3,(H,26,29). The summed E-state index contributed by atoms with van der Waals surface area (Å²) in [6, 6.07) is 13.8. The molecule has 1 saturated heterocycles. The molecule has 2 aliphatic rings. The van der Waals surface area contributed by atoms with Crippen molar-refractivity contribution in [2.45, 2.75) is 32.2 Å². The molecule has 8 nitrogen and oxygen atoms in total. The van der Waals surface area contributed by atoms with Crippen molar-refractivity contribution in [3.8, 4) is 11.5 Å². The number of carbonyl (C=O) groups excluding carboxylic acids is 3. The fourth-order valence-electron chi connectivity index (χ4n) is 4.20. The Morgan fingerprint density at radius 3 is 2.55 bits per heavy atom. The first-order chi connectivity index (χ1) is 16.1. The molecule has 2 aromatic rings. The van der Waals surface area contributed by atoms with Gasteiger partial charge in [0.05, 0.1) is 6.54 Å².